The van der Waals surface area contributed by atoms with Crippen molar-refractivity contribution >= 4 is 27.3 Å². The van der Waals surface area contributed by atoms with Crippen molar-refractivity contribution in [2.24, 2.45) is 4.99 Å². The molecule has 0 aromatic carbocycles. The van der Waals surface area contributed by atoms with Crippen LogP contribution in [0.4, 0.5) is 0 Å². The third-order valence-corrected chi connectivity index (χ3v) is 5.30. The molecule has 0 aliphatic heterocycles. The van der Waals surface area contributed by atoms with E-state index in [1.807, 2.05) is 20.8 Å². The Hall–Kier alpha value is -1.12. The van der Waals surface area contributed by atoms with E-state index in [1.54, 1.807) is 12.1 Å². The van der Waals surface area contributed by atoms with Crippen molar-refractivity contribution in [3.05, 3.63) is 17.0 Å². The van der Waals surface area contributed by atoms with E-state index in [-0.39, 0.29) is 6.54 Å². The summed E-state index contributed by atoms with van der Waals surface area (Å²) in [6.45, 7) is 8.05. The van der Waals surface area contributed by atoms with Gasteiger partial charge < -0.3 is 10.6 Å². The molecule has 0 fully saturated rings. The van der Waals surface area contributed by atoms with Crippen LogP contribution >= 0.6 is 11.3 Å². The molecule has 1 heterocycles. The SMILES string of the molecule is CCNC(=NCCNS(=O)(=O)c1ccc(C)s1)NCC. The molecule has 0 unspecified atom stereocenters. The van der Waals surface area contributed by atoms with Crippen LogP contribution in [0.25, 0.3) is 0 Å². The fourth-order valence-corrected chi connectivity index (χ4v) is 3.83. The van der Waals surface area contributed by atoms with Crippen molar-refractivity contribution in [1.29, 1.82) is 0 Å². The van der Waals surface area contributed by atoms with Gasteiger partial charge in [-0.15, -0.1) is 11.3 Å². The summed E-state index contributed by atoms with van der Waals surface area (Å²) in [6.07, 6.45) is 0. The first-order chi connectivity index (χ1) is 9.49. The quantitative estimate of drug-likeness (QED) is 0.396. The molecule has 1 aromatic heterocycles. The van der Waals surface area contributed by atoms with Crippen LogP contribution in [-0.2, 0) is 10.0 Å². The van der Waals surface area contributed by atoms with Gasteiger partial charge in [-0.2, -0.15) is 0 Å². The summed E-state index contributed by atoms with van der Waals surface area (Å²) >= 11 is 1.26. The van der Waals surface area contributed by atoms with Crippen LogP contribution in [0.1, 0.15) is 18.7 Å². The zero-order valence-electron chi connectivity index (χ0n) is 12.1. The minimum atomic E-state index is -3.40. The molecule has 0 radical (unpaired) electrons. The van der Waals surface area contributed by atoms with Crippen molar-refractivity contribution in [3.8, 4) is 0 Å². The van der Waals surface area contributed by atoms with Crippen molar-refractivity contribution in [2.45, 2.75) is 25.0 Å². The normalized spacial score (nSPS) is 11.2. The molecule has 1 rings (SSSR count). The largest absolute Gasteiger partial charge is 0.357 e. The Morgan fingerprint density at radius 3 is 2.40 bits per heavy atom. The van der Waals surface area contributed by atoms with Crippen molar-refractivity contribution in [2.75, 3.05) is 26.2 Å². The second-order valence-corrected chi connectivity index (χ2v) is 7.34. The first kappa shape index (κ1) is 16.9. The van der Waals surface area contributed by atoms with E-state index in [0.717, 1.165) is 18.0 Å². The highest BCUT2D eigenvalue weighted by Gasteiger charge is 2.14. The van der Waals surface area contributed by atoms with E-state index < -0.39 is 10.0 Å². The number of nitrogens with zero attached hydrogens (tertiary/aromatic N) is 1. The second-order valence-electron chi connectivity index (χ2n) is 4.05. The zero-order chi connectivity index (χ0) is 15.0. The molecular weight excluding hydrogens is 296 g/mol. The average molecular weight is 318 g/mol. The monoisotopic (exact) mass is 318 g/mol. The van der Waals surface area contributed by atoms with Gasteiger partial charge in [0.25, 0.3) is 0 Å². The molecular formula is C12H22N4O2S2. The lowest BCUT2D eigenvalue weighted by molar-refractivity contribution is 0.584. The van der Waals surface area contributed by atoms with Crippen molar-refractivity contribution < 1.29 is 8.42 Å². The minimum absolute atomic E-state index is 0.277. The fourth-order valence-electron chi connectivity index (χ4n) is 1.48. The number of nitrogens with one attached hydrogen (secondary N) is 3. The number of thiophene rings is 1. The van der Waals surface area contributed by atoms with Gasteiger partial charge in [-0.1, -0.05) is 0 Å². The van der Waals surface area contributed by atoms with Crippen LogP contribution in [0.2, 0.25) is 0 Å². The number of hydrogen-bond donors (Lipinski definition) is 3. The lowest BCUT2D eigenvalue weighted by Crippen LogP contribution is -2.37. The maximum absolute atomic E-state index is 12.0. The summed E-state index contributed by atoms with van der Waals surface area (Å²) < 4.78 is 26.8. The fraction of sp³-hybridized carbons (Fsp3) is 0.583. The van der Waals surface area contributed by atoms with Gasteiger partial charge in [0.15, 0.2) is 5.96 Å². The highest BCUT2D eigenvalue weighted by Crippen LogP contribution is 2.19. The predicted octanol–water partition coefficient (Wildman–Crippen LogP) is 0.910. The van der Waals surface area contributed by atoms with Gasteiger partial charge >= 0.3 is 0 Å². The van der Waals surface area contributed by atoms with Crippen molar-refractivity contribution in [3.63, 3.8) is 0 Å². The Morgan fingerprint density at radius 1 is 1.25 bits per heavy atom. The highest BCUT2D eigenvalue weighted by molar-refractivity contribution is 7.91. The standard InChI is InChI=1S/C12H22N4O2S2/c1-4-13-12(14-5-2)15-8-9-16-20(17,18)11-7-6-10(3)19-11/h6-7,16H,4-5,8-9H2,1-3H3,(H2,13,14,15). The number of aliphatic imine (C=N–C) groups is 1. The molecule has 3 N–H and O–H groups in total. The molecule has 0 saturated heterocycles. The first-order valence-corrected chi connectivity index (χ1v) is 8.87. The maximum Gasteiger partial charge on any atom is 0.250 e. The molecule has 0 amide bonds. The number of aryl methyl sites for hydroxylation is 1. The van der Waals surface area contributed by atoms with Crippen LogP contribution < -0.4 is 15.4 Å². The van der Waals surface area contributed by atoms with Gasteiger partial charge in [-0.05, 0) is 32.9 Å². The molecule has 114 valence electrons. The average Bonchev–Trinajstić information content (AvgIpc) is 2.82. The molecule has 0 spiro atoms. The third-order valence-electron chi connectivity index (χ3n) is 2.34. The van der Waals surface area contributed by atoms with Gasteiger partial charge in [0.05, 0.1) is 6.54 Å². The highest BCUT2D eigenvalue weighted by atomic mass is 32.2. The molecule has 1 aromatic rings. The van der Waals surface area contributed by atoms with Gasteiger partial charge in [0.2, 0.25) is 10.0 Å². The first-order valence-electron chi connectivity index (χ1n) is 6.58. The van der Waals surface area contributed by atoms with Crippen molar-refractivity contribution in [1.82, 2.24) is 15.4 Å². The summed E-state index contributed by atoms with van der Waals surface area (Å²) in [4.78, 5) is 5.25. The molecule has 0 aliphatic carbocycles. The topological polar surface area (TPSA) is 82.6 Å². The number of hydrogen-bond acceptors (Lipinski definition) is 4. The minimum Gasteiger partial charge on any atom is -0.357 e. The Bertz CT molecular complexity index is 529. The van der Waals surface area contributed by atoms with Crippen LogP contribution in [0.3, 0.4) is 0 Å². The number of guanidine groups is 1. The summed E-state index contributed by atoms with van der Waals surface area (Å²) in [7, 11) is -3.40. The molecule has 0 atom stereocenters. The van der Waals surface area contributed by atoms with Crippen LogP contribution in [0.15, 0.2) is 21.3 Å². The molecule has 0 aliphatic rings. The maximum atomic E-state index is 12.0. The third kappa shape index (κ3) is 5.48. The van der Waals surface area contributed by atoms with Crippen LogP contribution in [0.5, 0.6) is 0 Å². The molecule has 0 bridgehead atoms. The Balaban J connectivity index is 2.49. The summed E-state index contributed by atoms with van der Waals surface area (Å²) in [5, 5.41) is 6.16. The van der Waals surface area contributed by atoms with E-state index in [9.17, 15) is 8.42 Å². The van der Waals surface area contributed by atoms with E-state index in [0.29, 0.717) is 16.7 Å². The van der Waals surface area contributed by atoms with E-state index in [4.69, 9.17) is 0 Å². The molecule has 6 nitrogen and oxygen atoms in total. The Morgan fingerprint density at radius 2 is 1.90 bits per heavy atom. The second kappa shape index (κ2) is 8.23. The van der Waals surface area contributed by atoms with Crippen LogP contribution in [-0.4, -0.2) is 40.6 Å². The van der Waals surface area contributed by atoms with Crippen LogP contribution in [0, 0.1) is 6.92 Å². The summed E-state index contributed by atoms with van der Waals surface area (Å²) in [5.74, 6) is 0.696. The number of sulfonamides is 1. The summed E-state index contributed by atoms with van der Waals surface area (Å²) in [6, 6.07) is 3.42. The lowest BCUT2D eigenvalue weighted by atomic mass is 10.5. The van der Waals surface area contributed by atoms with E-state index in [2.05, 4.69) is 20.3 Å². The Kier molecular flexibility index (Phi) is 6.97. The smallest absolute Gasteiger partial charge is 0.250 e. The zero-order valence-corrected chi connectivity index (χ0v) is 13.7. The predicted molar refractivity (Wildman–Crippen MR) is 83.9 cm³/mol. The summed E-state index contributed by atoms with van der Waals surface area (Å²) in [5.41, 5.74) is 0. The van der Waals surface area contributed by atoms with Gasteiger partial charge in [-0.25, -0.2) is 13.1 Å². The Labute approximate surface area is 124 Å². The molecule has 20 heavy (non-hydrogen) atoms. The van der Waals surface area contributed by atoms with E-state index >= 15 is 0 Å². The molecule has 0 saturated carbocycles. The van der Waals surface area contributed by atoms with E-state index in [1.165, 1.54) is 11.3 Å². The van der Waals surface area contributed by atoms with Gasteiger partial charge in [-0.3, -0.25) is 4.99 Å². The number of rotatable bonds is 7. The lowest BCUT2D eigenvalue weighted by Gasteiger charge is -2.09. The van der Waals surface area contributed by atoms with Gasteiger partial charge in [0, 0.05) is 24.5 Å². The molecule has 8 heteroatoms. The van der Waals surface area contributed by atoms with Gasteiger partial charge in [0.1, 0.15) is 4.21 Å².